The van der Waals surface area contributed by atoms with Crippen molar-refractivity contribution in [1.82, 2.24) is 10.3 Å². The van der Waals surface area contributed by atoms with Crippen molar-refractivity contribution in [2.45, 2.75) is 12.5 Å². The summed E-state index contributed by atoms with van der Waals surface area (Å²) in [7, 11) is 0. The Morgan fingerprint density at radius 3 is 2.78 bits per heavy atom. The number of benzene rings is 2. The molecule has 23 heavy (non-hydrogen) atoms. The maximum atomic E-state index is 10.3. The topological polar surface area (TPSA) is 48.0 Å². The Bertz CT molecular complexity index is 878. The van der Waals surface area contributed by atoms with E-state index in [4.69, 9.17) is 11.6 Å². The Balaban J connectivity index is 0.00000156. The van der Waals surface area contributed by atoms with Crippen molar-refractivity contribution in [3.05, 3.63) is 62.7 Å². The fourth-order valence-electron chi connectivity index (χ4n) is 3.23. The molecule has 0 saturated heterocycles. The average molecular weight is 414 g/mol. The number of H-pyrrole nitrogens is 1. The molecule has 2 heterocycles. The summed E-state index contributed by atoms with van der Waals surface area (Å²) in [6.45, 7) is 0.868. The van der Waals surface area contributed by atoms with Crippen LogP contribution in [0.1, 0.15) is 22.9 Å². The fraction of sp³-hybridized carbons (Fsp3) is 0.176. The first-order valence-electron chi connectivity index (χ1n) is 7.15. The number of fused-ring (bicyclic) bond motifs is 3. The summed E-state index contributed by atoms with van der Waals surface area (Å²) in [4.78, 5) is 3.49. The second kappa shape index (κ2) is 6.36. The molecular formula is C17H15BrCl2N2O. The van der Waals surface area contributed by atoms with Gasteiger partial charge in [-0.3, -0.25) is 0 Å². The van der Waals surface area contributed by atoms with Crippen molar-refractivity contribution in [3.8, 4) is 5.75 Å². The number of halogens is 3. The minimum absolute atomic E-state index is 0. The molecule has 1 aromatic heterocycles. The molecule has 0 radical (unpaired) electrons. The summed E-state index contributed by atoms with van der Waals surface area (Å²) < 4.78 is 0.869. The van der Waals surface area contributed by atoms with Gasteiger partial charge in [-0.2, -0.15) is 0 Å². The molecule has 6 heteroatoms. The van der Waals surface area contributed by atoms with Gasteiger partial charge in [0.25, 0.3) is 0 Å². The van der Waals surface area contributed by atoms with Crippen LogP contribution in [0.3, 0.4) is 0 Å². The van der Waals surface area contributed by atoms with E-state index in [0.717, 1.165) is 39.2 Å². The highest BCUT2D eigenvalue weighted by Gasteiger charge is 2.27. The first kappa shape index (κ1) is 16.7. The minimum Gasteiger partial charge on any atom is -0.508 e. The Morgan fingerprint density at radius 2 is 2.00 bits per heavy atom. The molecule has 1 unspecified atom stereocenters. The second-order valence-electron chi connectivity index (χ2n) is 5.55. The third-order valence-electron chi connectivity index (χ3n) is 4.22. The molecule has 3 aromatic rings. The zero-order valence-corrected chi connectivity index (χ0v) is 15.2. The predicted molar refractivity (Wildman–Crippen MR) is 99.9 cm³/mol. The molecule has 1 aliphatic heterocycles. The van der Waals surface area contributed by atoms with Gasteiger partial charge < -0.3 is 15.4 Å². The van der Waals surface area contributed by atoms with Crippen LogP contribution in [0.4, 0.5) is 0 Å². The summed E-state index contributed by atoms with van der Waals surface area (Å²) in [5, 5.41) is 15.7. The molecule has 2 aromatic carbocycles. The van der Waals surface area contributed by atoms with E-state index in [1.165, 1.54) is 10.9 Å². The molecule has 4 rings (SSSR count). The van der Waals surface area contributed by atoms with Crippen LogP contribution in [-0.2, 0) is 6.42 Å². The highest BCUT2D eigenvalue weighted by Crippen LogP contribution is 2.38. The normalized spacial score (nSPS) is 16.9. The van der Waals surface area contributed by atoms with Crippen molar-refractivity contribution in [2.24, 2.45) is 0 Å². The molecule has 120 valence electrons. The highest BCUT2D eigenvalue weighted by molar-refractivity contribution is 9.10. The molecule has 0 amide bonds. The third-order valence-corrected chi connectivity index (χ3v) is 4.95. The summed E-state index contributed by atoms with van der Waals surface area (Å²) in [6, 6.07) is 11.5. The maximum absolute atomic E-state index is 10.3. The van der Waals surface area contributed by atoms with Gasteiger partial charge in [0, 0.05) is 38.2 Å². The lowest BCUT2D eigenvalue weighted by Crippen LogP contribution is -2.30. The van der Waals surface area contributed by atoms with Gasteiger partial charge >= 0.3 is 0 Å². The lowest BCUT2D eigenvalue weighted by atomic mass is 9.94. The van der Waals surface area contributed by atoms with Gasteiger partial charge in [-0.1, -0.05) is 33.6 Å². The van der Waals surface area contributed by atoms with Crippen molar-refractivity contribution in [1.29, 1.82) is 0 Å². The maximum Gasteiger partial charge on any atom is 0.121 e. The minimum atomic E-state index is -0.0389. The molecule has 3 nitrogen and oxygen atoms in total. The number of hydrogen-bond donors (Lipinski definition) is 3. The first-order chi connectivity index (χ1) is 10.6. The summed E-state index contributed by atoms with van der Waals surface area (Å²) in [5.41, 5.74) is 4.35. The SMILES string of the molecule is Cl.Oc1cc(Br)ccc1C1NCCc2c1[nH]c1ccc(Cl)cc21. The second-order valence-corrected chi connectivity index (χ2v) is 6.90. The number of phenolic OH excluding ortho intramolecular Hbond substituents is 1. The van der Waals surface area contributed by atoms with Gasteiger partial charge in [-0.25, -0.2) is 0 Å². The Hall–Kier alpha value is -1.20. The third kappa shape index (κ3) is 2.85. The van der Waals surface area contributed by atoms with Crippen LogP contribution < -0.4 is 5.32 Å². The first-order valence-corrected chi connectivity index (χ1v) is 8.32. The number of aromatic amines is 1. The predicted octanol–water partition coefficient (Wildman–Crippen LogP) is 4.95. The van der Waals surface area contributed by atoms with Crippen LogP contribution in [0.5, 0.6) is 5.75 Å². The highest BCUT2D eigenvalue weighted by atomic mass is 79.9. The quantitative estimate of drug-likeness (QED) is 0.528. The number of rotatable bonds is 1. The Labute approximate surface area is 153 Å². The van der Waals surface area contributed by atoms with Crippen molar-refractivity contribution in [2.75, 3.05) is 6.54 Å². The van der Waals surface area contributed by atoms with E-state index >= 15 is 0 Å². The van der Waals surface area contributed by atoms with E-state index in [1.807, 2.05) is 30.3 Å². The van der Waals surface area contributed by atoms with Gasteiger partial charge in [-0.05, 0) is 42.3 Å². The zero-order valence-electron chi connectivity index (χ0n) is 12.1. The molecule has 3 N–H and O–H groups in total. The lowest BCUT2D eigenvalue weighted by molar-refractivity contribution is 0.452. The van der Waals surface area contributed by atoms with Crippen molar-refractivity contribution >= 4 is 50.8 Å². The van der Waals surface area contributed by atoms with Crippen molar-refractivity contribution < 1.29 is 5.11 Å². The van der Waals surface area contributed by atoms with E-state index in [0.29, 0.717) is 0 Å². The van der Waals surface area contributed by atoms with Crippen LogP contribution in [-0.4, -0.2) is 16.6 Å². The van der Waals surface area contributed by atoms with E-state index in [2.05, 4.69) is 26.2 Å². The zero-order chi connectivity index (χ0) is 15.3. The van der Waals surface area contributed by atoms with Crippen LogP contribution in [0.15, 0.2) is 40.9 Å². The van der Waals surface area contributed by atoms with E-state index < -0.39 is 0 Å². The van der Waals surface area contributed by atoms with Gasteiger partial charge in [0.2, 0.25) is 0 Å². The van der Waals surface area contributed by atoms with Crippen LogP contribution in [0, 0.1) is 0 Å². The molecule has 1 aliphatic rings. The van der Waals surface area contributed by atoms with Crippen LogP contribution >= 0.6 is 39.9 Å². The van der Waals surface area contributed by atoms with Crippen LogP contribution in [0.2, 0.25) is 5.02 Å². The van der Waals surface area contributed by atoms with Gasteiger partial charge in [0.1, 0.15) is 5.75 Å². The van der Waals surface area contributed by atoms with E-state index in [9.17, 15) is 5.11 Å². The molecule has 1 atom stereocenters. The average Bonchev–Trinajstić information content (AvgIpc) is 2.85. The Kier molecular flexibility index (Phi) is 4.61. The molecule has 0 saturated carbocycles. The summed E-state index contributed by atoms with van der Waals surface area (Å²) in [5.74, 6) is 0.288. The van der Waals surface area contributed by atoms with E-state index in [-0.39, 0.29) is 24.2 Å². The number of phenols is 1. The number of nitrogens with one attached hydrogen (secondary N) is 2. The van der Waals surface area contributed by atoms with Crippen LogP contribution in [0.25, 0.3) is 10.9 Å². The smallest absolute Gasteiger partial charge is 0.121 e. The Morgan fingerprint density at radius 1 is 1.17 bits per heavy atom. The number of aromatic hydroxyl groups is 1. The standard InChI is InChI=1S/C17H14BrClN2O.ClH/c18-9-1-3-12(15(22)7-9)16-17-11(5-6-20-16)13-8-10(19)2-4-14(13)21-17;/h1-4,7-8,16,20-22H,5-6H2;1H. The molecule has 0 aliphatic carbocycles. The lowest BCUT2D eigenvalue weighted by Gasteiger charge is -2.25. The van der Waals surface area contributed by atoms with Gasteiger partial charge in [0.05, 0.1) is 6.04 Å². The largest absolute Gasteiger partial charge is 0.508 e. The summed E-state index contributed by atoms with van der Waals surface area (Å²) >= 11 is 9.52. The number of aromatic nitrogens is 1. The molecule has 0 bridgehead atoms. The molecular weight excluding hydrogens is 399 g/mol. The van der Waals surface area contributed by atoms with Gasteiger partial charge in [-0.15, -0.1) is 12.4 Å². The molecule has 0 fully saturated rings. The van der Waals surface area contributed by atoms with Gasteiger partial charge in [0.15, 0.2) is 0 Å². The molecule has 0 spiro atoms. The number of hydrogen-bond acceptors (Lipinski definition) is 2. The fourth-order valence-corrected chi connectivity index (χ4v) is 3.75. The summed E-state index contributed by atoms with van der Waals surface area (Å²) in [6.07, 6.45) is 0.948. The van der Waals surface area contributed by atoms with E-state index in [1.54, 1.807) is 6.07 Å². The monoisotopic (exact) mass is 412 g/mol. The van der Waals surface area contributed by atoms with Crippen molar-refractivity contribution in [3.63, 3.8) is 0 Å².